The van der Waals surface area contributed by atoms with E-state index in [0.717, 1.165) is 22.3 Å². The van der Waals surface area contributed by atoms with Gasteiger partial charge >= 0.3 is 0 Å². The van der Waals surface area contributed by atoms with Crippen molar-refractivity contribution in [2.45, 2.75) is 0 Å². The first kappa shape index (κ1) is 16.7. The molecule has 0 aliphatic rings. The third-order valence-corrected chi connectivity index (χ3v) is 4.26. The number of primary amides is 1. The van der Waals surface area contributed by atoms with Crippen LogP contribution >= 0.6 is 0 Å². The van der Waals surface area contributed by atoms with Crippen molar-refractivity contribution in [1.82, 2.24) is 14.8 Å². The van der Waals surface area contributed by atoms with E-state index < -0.39 is 5.91 Å². The first-order chi connectivity index (χ1) is 13.1. The Kier molecular flexibility index (Phi) is 4.22. The highest BCUT2D eigenvalue weighted by Crippen LogP contribution is 2.37. The molecule has 3 aromatic carbocycles. The Morgan fingerprint density at radius 1 is 0.889 bits per heavy atom. The summed E-state index contributed by atoms with van der Waals surface area (Å²) in [5.74, 6) is -0.970. The van der Waals surface area contributed by atoms with Gasteiger partial charge in [-0.2, -0.15) is 5.10 Å². The molecule has 0 saturated carbocycles. The van der Waals surface area contributed by atoms with Gasteiger partial charge in [-0.25, -0.2) is 14.1 Å². The molecule has 1 aromatic heterocycles. The van der Waals surface area contributed by atoms with E-state index in [1.807, 2.05) is 48.5 Å². The summed E-state index contributed by atoms with van der Waals surface area (Å²) in [6.45, 7) is 0. The lowest BCUT2D eigenvalue weighted by Gasteiger charge is -2.16. The third-order valence-electron chi connectivity index (χ3n) is 4.26. The van der Waals surface area contributed by atoms with Gasteiger partial charge in [0.1, 0.15) is 12.1 Å². The van der Waals surface area contributed by atoms with Crippen molar-refractivity contribution >= 4 is 5.91 Å². The minimum absolute atomic E-state index is 0.0311. The van der Waals surface area contributed by atoms with Gasteiger partial charge in [0.15, 0.2) is 0 Å². The number of benzene rings is 3. The summed E-state index contributed by atoms with van der Waals surface area (Å²) in [4.78, 5) is 15.7. The van der Waals surface area contributed by atoms with Crippen molar-refractivity contribution in [3.8, 4) is 27.9 Å². The van der Waals surface area contributed by atoms with Gasteiger partial charge in [-0.15, -0.1) is 0 Å². The highest BCUT2D eigenvalue weighted by atomic mass is 19.1. The Bertz CT molecular complexity index is 1100. The third kappa shape index (κ3) is 3.08. The van der Waals surface area contributed by atoms with Crippen LogP contribution in [0.4, 0.5) is 4.39 Å². The molecule has 5 nitrogen and oxygen atoms in total. The summed E-state index contributed by atoms with van der Waals surface area (Å²) in [6.07, 6.45) is 1.28. The number of carbonyl (C=O) groups excluding carboxylic acids is 1. The lowest BCUT2D eigenvalue weighted by molar-refractivity contribution is 0.0988. The van der Waals surface area contributed by atoms with Crippen molar-refractivity contribution in [3.05, 3.63) is 90.8 Å². The molecule has 6 heteroatoms. The Morgan fingerprint density at radius 2 is 1.63 bits per heavy atom. The number of nitrogens with two attached hydrogens (primary N) is 1. The fourth-order valence-electron chi connectivity index (χ4n) is 3.08. The van der Waals surface area contributed by atoms with Crippen LogP contribution < -0.4 is 5.73 Å². The Hall–Kier alpha value is -3.80. The van der Waals surface area contributed by atoms with Gasteiger partial charge in [0.05, 0.1) is 5.69 Å². The molecular weight excluding hydrogens is 343 g/mol. The van der Waals surface area contributed by atoms with Gasteiger partial charge < -0.3 is 5.73 Å². The number of nitrogens with zero attached hydrogens (tertiary/aromatic N) is 3. The number of hydrogen-bond donors (Lipinski definition) is 1. The Morgan fingerprint density at radius 3 is 2.33 bits per heavy atom. The molecule has 0 fully saturated rings. The van der Waals surface area contributed by atoms with E-state index in [9.17, 15) is 9.18 Å². The van der Waals surface area contributed by atoms with Crippen LogP contribution in [0, 0.1) is 5.82 Å². The maximum atomic E-state index is 13.5. The van der Waals surface area contributed by atoms with Crippen LogP contribution in [0.3, 0.4) is 0 Å². The SMILES string of the molecule is NC(=O)c1ncnn1-c1cccc(-c2ccccc2)c1-c1ccc(F)cc1. The molecule has 132 valence electrons. The summed E-state index contributed by atoms with van der Waals surface area (Å²) < 4.78 is 14.9. The predicted molar refractivity (Wildman–Crippen MR) is 101 cm³/mol. The van der Waals surface area contributed by atoms with E-state index in [1.54, 1.807) is 12.1 Å². The smallest absolute Gasteiger partial charge is 0.286 e. The largest absolute Gasteiger partial charge is 0.363 e. The number of hydrogen-bond acceptors (Lipinski definition) is 3. The molecule has 0 unspecified atom stereocenters. The molecule has 27 heavy (non-hydrogen) atoms. The normalized spacial score (nSPS) is 10.7. The van der Waals surface area contributed by atoms with Crippen molar-refractivity contribution in [2.24, 2.45) is 5.73 Å². The number of aromatic nitrogens is 3. The maximum absolute atomic E-state index is 13.5. The monoisotopic (exact) mass is 358 g/mol. The van der Waals surface area contributed by atoms with Gasteiger partial charge in [0, 0.05) is 5.56 Å². The standard InChI is InChI=1S/C21H15FN4O/c22-16-11-9-15(10-12-16)19-17(14-5-2-1-3-6-14)7-4-8-18(19)26-21(20(23)27)24-13-25-26/h1-13H,(H2,23,27). The zero-order valence-corrected chi connectivity index (χ0v) is 14.2. The lowest BCUT2D eigenvalue weighted by atomic mass is 9.93. The Labute approximate surface area is 154 Å². The van der Waals surface area contributed by atoms with Crippen LogP contribution in [0.5, 0.6) is 0 Å². The summed E-state index contributed by atoms with van der Waals surface area (Å²) in [6, 6.07) is 21.7. The van der Waals surface area contributed by atoms with Gasteiger partial charge in [0.2, 0.25) is 5.82 Å². The second-order valence-electron chi connectivity index (χ2n) is 5.93. The second kappa shape index (κ2) is 6.84. The van der Waals surface area contributed by atoms with Crippen LogP contribution in [-0.2, 0) is 0 Å². The van der Waals surface area contributed by atoms with Crippen molar-refractivity contribution in [1.29, 1.82) is 0 Å². The zero-order chi connectivity index (χ0) is 18.8. The molecule has 0 aliphatic heterocycles. The molecule has 1 amide bonds. The summed E-state index contributed by atoms with van der Waals surface area (Å²) >= 11 is 0. The van der Waals surface area contributed by atoms with Crippen LogP contribution in [0.15, 0.2) is 79.1 Å². The van der Waals surface area contributed by atoms with Gasteiger partial charge in [-0.05, 0) is 34.9 Å². The molecule has 2 N–H and O–H groups in total. The highest BCUT2D eigenvalue weighted by Gasteiger charge is 2.19. The highest BCUT2D eigenvalue weighted by molar-refractivity contribution is 5.92. The fourth-order valence-corrected chi connectivity index (χ4v) is 3.08. The number of halogens is 1. The Balaban J connectivity index is 2.03. The molecule has 4 rings (SSSR count). The predicted octanol–water partition coefficient (Wildman–Crippen LogP) is 3.84. The minimum atomic E-state index is -0.678. The number of amides is 1. The summed E-state index contributed by atoms with van der Waals surface area (Å²) in [7, 11) is 0. The lowest BCUT2D eigenvalue weighted by Crippen LogP contribution is -2.18. The second-order valence-corrected chi connectivity index (χ2v) is 5.93. The number of carbonyl (C=O) groups is 1. The first-order valence-corrected chi connectivity index (χ1v) is 8.30. The summed E-state index contributed by atoms with van der Waals surface area (Å²) in [5, 5.41) is 4.18. The average Bonchev–Trinajstić information content (AvgIpc) is 3.19. The molecule has 4 aromatic rings. The molecule has 0 saturated heterocycles. The quantitative estimate of drug-likeness (QED) is 0.602. The van der Waals surface area contributed by atoms with Gasteiger partial charge in [-0.1, -0.05) is 54.6 Å². The molecule has 0 radical (unpaired) electrons. The van der Waals surface area contributed by atoms with Crippen LogP contribution in [0.2, 0.25) is 0 Å². The maximum Gasteiger partial charge on any atom is 0.286 e. The first-order valence-electron chi connectivity index (χ1n) is 8.30. The minimum Gasteiger partial charge on any atom is -0.363 e. The summed E-state index contributed by atoms with van der Waals surface area (Å²) in [5.41, 5.74) is 9.57. The van der Waals surface area contributed by atoms with Gasteiger partial charge in [-0.3, -0.25) is 4.79 Å². The number of rotatable bonds is 4. The van der Waals surface area contributed by atoms with E-state index in [2.05, 4.69) is 10.1 Å². The van der Waals surface area contributed by atoms with Crippen LogP contribution in [0.25, 0.3) is 27.9 Å². The van der Waals surface area contributed by atoms with E-state index >= 15 is 0 Å². The van der Waals surface area contributed by atoms with Crippen molar-refractivity contribution in [3.63, 3.8) is 0 Å². The van der Waals surface area contributed by atoms with E-state index in [4.69, 9.17) is 5.73 Å². The van der Waals surface area contributed by atoms with E-state index in [0.29, 0.717) is 5.69 Å². The molecule has 0 atom stereocenters. The molecule has 0 spiro atoms. The van der Waals surface area contributed by atoms with Gasteiger partial charge in [0.25, 0.3) is 5.91 Å². The van der Waals surface area contributed by atoms with Crippen LogP contribution in [0.1, 0.15) is 10.6 Å². The van der Waals surface area contributed by atoms with E-state index in [1.165, 1.54) is 23.1 Å². The zero-order valence-electron chi connectivity index (χ0n) is 14.2. The molecule has 1 heterocycles. The van der Waals surface area contributed by atoms with E-state index in [-0.39, 0.29) is 11.6 Å². The van der Waals surface area contributed by atoms with Crippen molar-refractivity contribution < 1.29 is 9.18 Å². The van der Waals surface area contributed by atoms with Crippen molar-refractivity contribution in [2.75, 3.05) is 0 Å². The fraction of sp³-hybridized carbons (Fsp3) is 0. The molecule has 0 aliphatic carbocycles. The average molecular weight is 358 g/mol. The topological polar surface area (TPSA) is 73.8 Å². The molecular formula is C21H15FN4O. The molecule has 0 bridgehead atoms. The van der Waals surface area contributed by atoms with Crippen LogP contribution in [-0.4, -0.2) is 20.7 Å².